The molecule has 0 aliphatic rings. The number of carbonyl (C=O) groups excluding carboxylic acids is 3. The van der Waals surface area contributed by atoms with Gasteiger partial charge in [0.2, 0.25) is 0 Å². The quantitative estimate of drug-likeness (QED) is 0.186. The number of amides is 2. The molecule has 2 N–H and O–H groups in total. The molecule has 0 bridgehead atoms. The molecule has 11 heteroatoms. The van der Waals surface area contributed by atoms with E-state index in [2.05, 4.69) is 15.8 Å². The zero-order valence-electron chi connectivity index (χ0n) is 19.2. The number of hydrogen-bond acceptors (Lipinski definition) is 7. The van der Waals surface area contributed by atoms with Gasteiger partial charge in [0.05, 0.1) is 42.6 Å². The first-order valence-corrected chi connectivity index (χ1v) is 11.2. The van der Waals surface area contributed by atoms with Gasteiger partial charge in [-0.1, -0.05) is 23.2 Å². The van der Waals surface area contributed by atoms with Gasteiger partial charge in [0.15, 0.2) is 11.5 Å². The SMILES string of the molecule is COc1ccc(C(=O)Oc2ccc(/C=N\NC(=O)CNC(=O)c3ccc(Cl)c(Cl)c3)cc2)cc1OC. The van der Waals surface area contributed by atoms with Crippen LogP contribution in [0, 0.1) is 0 Å². The summed E-state index contributed by atoms with van der Waals surface area (Å²) in [6.07, 6.45) is 1.40. The highest BCUT2D eigenvalue weighted by Crippen LogP contribution is 2.28. The van der Waals surface area contributed by atoms with Crippen molar-refractivity contribution in [3.63, 3.8) is 0 Å². The topological polar surface area (TPSA) is 115 Å². The number of hydrazone groups is 1. The van der Waals surface area contributed by atoms with Gasteiger partial charge >= 0.3 is 5.97 Å². The smallest absolute Gasteiger partial charge is 0.343 e. The first kappa shape index (κ1) is 26.5. The molecular formula is C25H21Cl2N3O6. The summed E-state index contributed by atoms with van der Waals surface area (Å²) in [6, 6.07) is 15.6. The van der Waals surface area contributed by atoms with Crippen molar-refractivity contribution in [1.82, 2.24) is 10.7 Å². The molecule has 0 fully saturated rings. The van der Waals surface area contributed by atoms with Gasteiger partial charge in [-0.05, 0) is 66.2 Å². The molecule has 0 aliphatic carbocycles. The third kappa shape index (κ3) is 7.21. The van der Waals surface area contributed by atoms with Gasteiger partial charge in [0, 0.05) is 5.56 Å². The van der Waals surface area contributed by atoms with Crippen molar-refractivity contribution < 1.29 is 28.6 Å². The van der Waals surface area contributed by atoms with E-state index in [1.807, 2.05) is 0 Å². The molecule has 3 aromatic rings. The lowest BCUT2D eigenvalue weighted by Gasteiger charge is -2.09. The van der Waals surface area contributed by atoms with Gasteiger partial charge in [-0.3, -0.25) is 9.59 Å². The molecule has 0 radical (unpaired) electrons. The van der Waals surface area contributed by atoms with Crippen molar-refractivity contribution in [1.29, 1.82) is 0 Å². The Hall–Kier alpha value is -4.08. The van der Waals surface area contributed by atoms with Crippen LogP contribution in [0.25, 0.3) is 0 Å². The Bertz CT molecular complexity index is 1300. The normalized spacial score (nSPS) is 10.6. The van der Waals surface area contributed by atoms with Gasteiger partial charge < -0.3 is 19.5 Å². The lowest BCUT2D eigenvalue weighted by atomic mass is 10.2. The third-order valence-electron chi connectivity index (χ3n) is 4.70. The van der Waals surface area contributed by atoms with Crippen LogP contribution in [0.5, 0.6) is 17.2 Å². The van der Waals surface area contributed by atoms with Gasteiger partial charge in [0.25, 0.3) is 11.8 Å². The van der Waals surface area contributed by atoms with Crippen LogP contribution in [0.15, 0.2) is 65.8 Å². The summed E-state index contributed by atoms with van der Waals surface area (Å²) in [7, 11) is 2.98. The molecule has 36 heavy (non-hydrogen) atoms. The van der Waals surface area contributed by atoms with Crippen LogP contribution in [-0.4, -0.2) is 44.8 Å². The van der Waals surface area contributed by atoms with Crippen LogP contribution in [0.2, 0.25) is 10.0 Å². The molecule has 0 saturated carbocycles. The Morgan fingerprint density at radius 2 is 1.56 bits per heavy atom. The van der Waals surface area contributed by atoms with Crippen molar-refractivity contribution in [3.8, 4) is 17.2 Å². The number of carbonyl (C=O) groups is 3. The van der Waals surface area contributed by atoms with Crippen LogP contribution in [0.1, 0.15) is 26.3 Å². The fourth-order valence-corrected chi connectivity index (χ4v) is 3.17. The van der Waals surface area contributed by atoms with Crippen LogP contribution in [0.3, 0.4) is 0 Å². The molecule has 0 unspecified atom stereocenters. The maximum Gasteiger partial charge on any atom is 0.343 e. The zero-order chi connectivity index (χ0) is 26.1. The second kappa shape index (κ2) is 12.6. The van der Waals surface area contributed by atoms with E-state index in [4.69, 9.17) is 37.4 Å². The van der Waals surface area contributed by atoms with E-state index in [0.29, 0.717) is 33.4 Å². The van der Waals surface area contributed by atoms with Crippen LogP contribution in [-0.2, 0) is 4.79 Å². The maximum atomic E-state index is 12.4. The number of benzene rings is 3. The van der Waals surface area contributed by atoms with Crippen LogP contribution >= 0.6 is 23.2 Å². The lowest BCUT2D eigenvalue weighted by Crippen LogP contribution is -2.34. The number of nitrogens with one attached hydrogen (secondary N) is 2. The van der Waals surface area contributed by atoms with Gasteiger partial charge in [-0.15, -0.1) is 0 Å². The van der Waals surface area contributed by atoms with Crippen molar-refractivity contribution in [3.05, 3.63) is 87.4 Å². The summed E-state index contributed by atoms with van der Waals surface area (Å²) < 4.78 is 15.7. The van der Waals surface area contributed by atoms with Crippen molar-refractivity contribution >= 4 is 47.2 Å². The van der Waals surface area contributed by atoms with Crippen molar-refractivity contribution in [2.45, 2.75) is 0 Å². The Labute approximate surface area is 216 Å². The largest absolute Gasteiger partial charge is 0.493 e. The minimum Gasteiger partial charge on any atom is -0.493 e. The molecular weight excluding hydrogens is 509 g/mol. The predicted molar refractivity (Wildman–Crippen MR) is 135 cm³/mol. The molecule has 0 heterocycles. The number of hydrogen-bond donors (Lipinski definition) is 2. The van der Waals surface area contributed by atoms with Gasteiger partial charge in [-0.25, -0.2) is 10.2 Å². The molecule has 2 amide bonds. The molecule has 0 atom stereocenters. The lowest BCUT2D eigenvalue weighted by molar-refractivity contribution is -0.120. The molecule has 0 aromatic heterocycles. The number of ether oxygens (including phenoxy) is 3. The Balaban J connectivity index is 1.48. The minimum atomic E-state index is -0.562. The molecule has 3 rings (SSSR count). The summed E-state index contributed by atoms with van der Waals surface area (Å²) in [6.45, 7) is -0.290. The van der Waals surface area contributed by atoms with Gasteiger partial charge in [0.1, 0.15) is 5.75 Å². The molecule has 186 valence electrons. The first-order valence-electron chi connectivity index (χ1n) is 10.4. The van der Waals surface area contributed by atoms with Crippen LogP contribution < -0.4 is 25.0 Å². The Morgan fingerprint density at radius 1 is 0.861 bits per heavy atom. The number of rotatable bonds is 9. The monoisotopic (exact) mass is 529 g/mol. The zero-order valence-corrected chi connectivity index (χ0v) is 20.7. The van der Waals surface area contributed by atoms with E-state index in [-0.39, 0.29) is 17.1 Å². The van der Waals surface area contributed by atoms with E-state index < -0.39 is 17.8 Å². The Morgan fingerprint density at radius 3 is 2.22 bits per heavy atom. The standard InChI is InChI=1S/C25H21Cl2N3O6/c1-34-21-10-6-17(12-22(21)35-2)25(33)36-18-7-3-15(4-8-18)13-29-30-23(31)14-28-24(32)16-5-9-19(26)20(27)11-16/h3-13H,14H2,1-2H3,(H,28,32)(H,30,31)/b29-13-. The number of nitrogens with zero attached hydrogens (tertiary/aromatic N) is 1. The fourth-order valence-electron chi connectivity index (χ4n) is 2.87. The van der Waals surface area contributed by atoms with E-state index >= 15 is 0 Å². The first-order chi connectivity index (χ1) is 17.3. The highest BCUT2D eigenvalue weighted by molar-refractivity contribution is 6.42. The average molecular weight is 530 g/mol. The molecule has 9 nitrogen and oxygen atoms in total. The Kier molecular flexibility index (Phi) is 9.26. The molecule has 0 saturated heterocycles. The van der Waals surface area contributed by atoms with Crippen molar-refractivity contribution in [2.75, 3.05) is 20.8 Å². The second-order valence-corrected chi connectivity index (χ2v) is 7.95. The predicted octanol–water partition coefficient (Wildman–Crippen LogP) is 4.11. The average Bonchev–Trinajstić information content (AvgIpc) is 2.89. The van der Waals surface area contributed by atoms with Crippen molar-refractivity contribution in [2.24, 2.45) is 5.10 Å². The van der Waals surface area contributed by atoms with Crippen LogP contribution in [0.4, 0.5) is 0 Å². The number of esters is 1. The molecule has 0 aliphatic heterocycles. The molecule has 3 aromatic carbocycles. The summed E-state index contributed by atoms with van der Waals surface area (Å²) in [5.41, 5.74) is 3.52. The summed E-state index contributed by atoms with van der Waals surface area (Å²) in [5, 5.41) is 6.86. The maximum absolute atomic E-state index is 12.4. The number of halogens is 2. The highest BCUT2D eigenvalue weighted by atomic mass is 35.5. The molecule has 0 spiro atoms. The van der Waals surface area contributed by atoms with E-state index in [1.54, 1.807) is 36.4 Å². The van der Waals surface area contributed by atoms with E-state index in [9.17, 15) is 14.4 Å². The van der Waals surface area contributed by atoms with E-state index in [1.165, 1.54) is 44.7 Å². The minimum absolute atomic E-state index is 0.236. The summed E-state index contributed by atoms with van der Waals surface area (Å²) in [5.74, 6) is -0.340. The number of methoxy groups -OCH3 is 2. The summed E-state index contributed by atoms with van der Waals surface area (Å²) in [4.78, 5) is 36.4. The second-order valence-electron chi connectivity index (χ2n) is 7.13. The highest BCUT2D eigenvalue weighted by Gasteiger charge is 2.13. The third-order valence-corrected chi connectivity index (χ3v) is 5.44. The summed E-state index contributed by atoms with van der Waals surface area (Å²) >= 11 is 11.7. The fraction of sp³-hybridized carbons (Fsp3) is 0.120. The van der Waals surface area contributed by atoms with E-state index in [0.717, 1.165) is 0 Å². The van der Waals surface area contributed by atoms with Gasteiger partial charge in [-0.2, -0.15) is 5.10 Å².